The predicted octanol–water partition coefficient (Wildman–Crippen LogP) is 4.18. The van der Waals surface area contributed by atoms with Gasteiger partial charge < -0.3 is 9.80 Å². The molecule has 0 saturated carbocycles. The standard InChI is InChI=1S/C20H23ClN2O/c1-2-19(16-7-4-3-5-8-16)20(24)23-13-11-22(12-14-23)18-10-6-9-17(21)15-18/h3-10,15,19H,2,11-14H2,1H3/t19-/m1/s1. The van der Waals surface area contributed by atoms with Crippen molar-refractivity contribution in [3.63, 3.8) is 0 Å². The molecule has 2 aromatic carbocycles. The number of hydrogen-bond donors (Lipinski definition) is 0. The highest BCUT2D eigenvalue weighted by molar-refractivity contribution is 6.30. The lowest BCUT2D eigenvalue weighted by molar-refractivity contribution is -0.133. The molecule has 1 amide bonds. The van der Waals surface area contributed by atoms with Gasteiger partial charge in [-0.2, -0.15) is 0 Å². The van der Waals surface area contributed by atoms with Crippen molar-refractivity contribution in [3.8, 4) is 0 Å². The van der Waals surface area contributed by atoms with Gasteiger partial charge in [-0.3, -0.25) is 4.79 Å². The lowest BCUT2D eigenvalue weighted by Gasteiger charge is -2.37. The van der Waals surface area contributed by atoms with Crippen LogP contribution < -0.4 is 4.90 Å². The van der Waals surface area contributed by atoms with Crippen LogP contribution in [0.15, 0.2) is 54.6 Å². The summed E-state index contributed by atoms with van der Waals surface area (Å²) in [6.07, 6.45) is 0.831. The van der Waals surface area contributed by atoms with Crippen LogP contribution in [0.3, 0.4) is 0 Å². The summed E-state index contributed by atoms with van der Waals surface area (Å²) in [7, 11) is 0. The lowest BCUT2D eigenvalue weighted by Crippen LogP contribution is -2.50. The van der Waals surface area contributed by atoms with Gasteiger partial charge in [0, 0.05) is 36.9 Å². The molecular formula is C20H23ClN2O. The van der Waals surface area contributed by atoms with Crippen molar-refractivity contribution in [2.75, 3.05) is 31.1 Å². The first-order chi connectivity index (χ1) is 11.7. The highest BCUT2D eigenvalue weighted by Crippen LogP contribution is 2.25. The fourth-order valence-electron chi connectivity index (χ4n) is 3.32. The number of nitrogens with zero attached hydrogens (tertiary/aromatic N) is 2. The molecule has 1 aliphatic rings. The molecule has 1 heterocycles. The fraction of sp³-hybridized carbons (Fsp3) is 0.350. The van der Waals surface area contributed by atoms with Gasteiger partial charge in [-0.1, -0.05) is 54.9 Å². The van der Waals surface area contributed by atoms with E-state index in [2.05, 4.69) is 17.9 Å². The van der Waals surface area contributed by atoms with Crippen LogP contribution in [-0.4, -0.2) is 37.0 Å². The molecule has 4 heteroatoms. The second-order valence-electron chi connectivity index (χ2n) is 6.16. The smallest absolute Gasteiger partial charge is 0.230 e. The zero-order chi connectivity index (χ0) is 16.9. The number of piperazine rings is 1. The average molecular weight is 343 g/mol. The Hall–Kier alpha value is -2.00. The Morgan fingerprint density at radius 1 is 1.04 bits per heavy atom. The van der Waals surface area contributed by atoms with Crippen LogP contribution in [0, 0.1) is 0 Å². The third-order valence-corrected chi connectivity index (χ3v) is 4.91. The second-order valence-corrected chi connectivity index (χ2v) is 6.60. The van der Waals surface area contributed by atoms with Gasteiger partial charge >= 0.3 is 0 Å². The van der Waals surface area contributed by atoms with E-state index < -0.39 is 0 Å². The third kappa shape index (κ3) is 3.73. The van der Waals surface area contributed by atoms with Crippen LogP contribution in [0.1, 0.15) is 24.8 Å². The molecule has 3 nitrogen and oxygen atoms in total. The van der Waals surface area contributed by atoms with Crippen molar-refractivity contribution in [3.05, 3.63) is 65.2 Å². The molecule has 3 rings (SSSR count). The van der Waals surface area contributed by atoms with Crippen molar-refractivity contribution in [1.29, 1.82) is 0 Å². The van der Waals surface area contributed by atoms with E-state index >= 15 is 0 Å². The zero-order valence-electron chi connectivity index (χ0n) is 14.0. The Morgan fingerprint density at radius 3 is 2.38 bits per heavy atom. The Bertz CT molecular complexity index is 681. The maximum atomic E-state index is 12.9. The summed E-state index contributed by atoms with van der Waals surface area (Å²) in [5.41, 5.74) is 2.24. The van der Waals surface area contributed by atoms with E-state index in [4.69, 9.17) is 11.6 Å². The number of benzene rings is 2. The quantitative estimate of drug-likeness (QED) is 0.832. The molecule has 1 atom stereocenters. The van der Waals surface area contributed by atoms with E-state index in [0.29, 0.717) is 0 Å². The van der Waals surface area contributed by atoms with Gasteiger partial charge in [0.1, 0.15) is 0 Å². The van der Waals surface area contributed by atoms with E-state index in [1.807, 2.05) is 53.4 Å². The summed E-state index contributed by atoms with van der Waals surface area (Å²) in [4.78, 5) is 17.2. The van der Waals surface area contributed by atoms with E-state index in [0.717, 1.165) is 48.9 Å². The Morgan fingerprint density at radius 2 is 1.75 bits per heavy atom. The van der Waals surface area contributed by atoms with Crippen LogP contribution in [0.2, 0.25) is 5.02 Å². The number of halogens is 1. The minimum atomic E-state index is -0.0380. The number of rotatable bonds is 4. The molecular weight excluding hydrogens is 320 g/mol. The van der Waals surface area contributed by atoms with Gasteiger partial charge in [0.15, 0.2) is 0 Å². The van der Waals surface area contributed by atoms with Crippen molar-refractivity contribution in [1.82, 2.24) is 4.90 Å². The summed E-state index contributed by atoms with van der Waals surface area (Å²) < 4.78 is 0. The van der Waals surface area contributed by atoms with Crippen LogP contribution >= 0.6 is 11.6 Å². The van der Waals surface area contributed by atoms with Crippen LogP contribution in [-0.2, 0) is 4.79 Å². The second kappa shape index (κ2) is 7.71. The summed E-state index contributed by atoms with van der Waals surface area (Å²) in [6.45, 7) is 5.29. The first-order valence-corrected chi connectivity index (χ1v) is 8.91. The van der Waals surface area contributed by atoms with Crippen molar-refractivity contribution in [2.24, 2.45) is 0 Å². The maximum absolute atomic E-state index is 12.9. The monoisotopic (exact) mass is 342 g/mol. The van der Waals surface area contributed by atoms with Gasteiger partial charge in [0.25, 0.3) is 0 Å². The SMILES string of the molecule is CC[C@@H](C(=O)N1CCN(c2cccc(Cl)c2)CC1)c1ccccc1. The first kappa shape index (κ1) is 16.8. The van der Waals surface area contributed by atoms with Gasteiger partial charge in [-0.25, -0.2) is 0 Å². The minimum absolute atomic E-state index is 0.0380. The number of hydrogen-bond acceptors (Lipinski definition) is 2. The Labute approximate surface area is 148 Å². The lowest BCUT2D eigenvalue weighted by atomic mass is 9.95. The van der Waals surface area contributed by atoms with E-state index in [9.17, 15) is 4.79 Å². The number of amides is 1. The topological polar surface area (TPSA) is 23.6 Å². The highest BCUT2D eigenvalue weighted by Gasteiger charge is 2.27. The molecule has 0 aliphatic carbocycles. The van der Waals surface area contributed by atoms with E-state index in [-0.39, 0.29) is 11.8 Å². The summed E-state index contributed by atoms with van der Waals surface area (Å²) in [5, 5.41) is 0.751. The highest BCUT2D eigenvalue weighted by atomic mass is 35.5. The molecule has 0 radical (unpaired) electrons. The van der Waals surface area contributed by atoms with Crippen LogP contribution in [0.25, 0.3) is 0 Å². The first-order valence-electron chi connectivity index (χ1n) is 8.53. The summed E-state index contributed by atoms with van der Waals surface area (Å²) in [5.74, 6) is 0.207. The van der Waals surface area contributed by atoms with E-state index in [1.54, 1.807) is 0 Å². The average Bonchev–Trinajstić information content (AvgIpc) is 2.63. The molecule has 0 spiro atoms. The van der Waals surface area contributed by atoms with Crippen molar-refractivity contribution in [2.45, 2.75) is 19.3 Å². The largest absolute Gasteiger partial charge is 0.368 e. The normalized spacial score (nSPS) is 16.1. The molecule has 1 saturated heterocycles. The third-order valence-electron chi connectivity index (χ3n) is 4.67. The summed E-state index contributed by atoms with van der Waals surface area (Å²) in [6, 6.07) is 18.0. The van der Waals surface area contributed by atoms with Gasteiger partial charge in [0.2, 0.25) is 5.91 Å². The molecule has 0 N–H and O–H groups in total. The fourth-order valence-corrected chi connectivity index (χ4v) is 3.50. The predicted molar refractivity (Wildman–Crippen MR) is 99.7 cm³/mol. The minimum Gasteiger partial charge on any atom is -0.368 e. The molecule has 0 aromatic heterocycles. The van der Waals surface area contributed by atoms with E-state index in [1.165, 1.54) is 0 Å². The number of anilines is 1. The summed E-state index contributed by atoms with van der Waals surface area (Å²) >= 11 is 6.08. The molecule has 24 heavy (non-hydrogen) atoms. The van der Waals surface area contributed by atoms with Crippen LogP contribution in [0.4, 0.5) is 5.69 Å². The molecule has 0 bridgehead atoms. The molecule has 0 unspecified atom stereocenters. The van der Waals surface area contributed by atoms with Crippen molar-refractivity contribution < 1.29 is 4.79 Å². The molecule has 1 fully saturated rings. The number of carbonyl (C=O) groups is 1. The zero-order valence-corrected chi connectivity index (χ0v) is 14.7. The molecule has 126 valence electrons. The van der Waals surface area contributed by atoms with Gasteiger partial charge in [-0.15, -0.1) is 0 Å². The van der Waals surface area contributed by atoms with Crippen molar-refractivity contribution >= 4 is 23.2 Å². The molecule has 1 aliphatic heterocycles. The van der Waals surface area contributed by atoms with Crippen LogP contribution in [0.5, 0.6) is 0 Å². The molecule has 2 aromatic rings. The van der Waals surface area contributed by atoms with Gasteiger partial charge in [0.05, 0.1) is 5.92 Å². The number of carbonyl (C=O) groups excluding carboxylic acids is 1. The van der Waals surface area contributed by atoms with Gasteiger partial charge in [-0.05, 0) is 30.2 Å². The Balaban J connectivity index is 1.64. The Kier molecular flexibility index (Phi) is 5.41. The maximum Gasteiger partial charge on any atom is 0.230 e.